The van der Waals surface area contributed by atoms with E-state index in [0.29, 0.717) is 12.0 Å². The number of hydrogen-bond donors (Lipinski definition) is 3. The van der Waals surface area contributed by atoms with Crippen LogP contribution in [0.2, 0.25) is 0 Å². The van der Waals surface area contributed by atoms with E-state index in [1.807, 2.05) is 41.3 Å². The number of benzene rings is 2. The molecule has 0 atom stereocenters. The van der Waals surface area contributed by atoms with Crippen LogP contribution in [0.5, 0.6) is 0 Å². The molecule has 3 aromatic rings. The maximum atomic E-state index is 12.7. The minimum Gasteiger partial charge on any atom is -0.368 e. The van der Waals surface area contributed by atoms with Crippen LogP contribution in [0.1, 0.15) is 42.5 Å². The van der Waals surface area contributed by atoms with Gasteiger partial charge in [0.25, 0.3) is 5.91 Å². The summed E-state index contributed by atoms with van der Waals surface area (Å²) in [6.45, 7) is 3.21. The van der Waals surface area contributed by atoms with E-state index < -0.39 is 0 Å². The van der Waals surface area contributed by atoms with Crippen LogP contribution in [0.15, 0.2) is 42.5 Å². The third kappa shape index (κ3) is 4.39. The average molecular weight is 431 g/mol. The van der Waals surface area contributed by atoms with Crippen molar-refractivity contribution in [2.75, 3.05) is 37.2 Å². The van der Waals surface area contributed by atoms with E-state index in [4.69, 9.17) is 5.73 Å². The SMILES string of the molecule is Nc1nc(NC2CCCCC2)c2cc(-c3ccc(C(=O)N4CCNCC4)cc3)ccc2n1. The first kappa shape index (κ1) is 20.7. The Morgan fingerprint density at radius 2 is 1.69 bits per heavy atom. The lowest BCUT2D eigenvalue weighted by Crippen LogP contribution is -2.46. The summed E-state index contributed by atoms with van der Waals surface area (Å²) in [5.41, 5.74) is 9.68. The second kappa shape index (κ2) is 9.12. The molecule has 1 saturated heterocycles. The van der Waals surface area contributed by atoms with Crippen molar-refractivity contribution in [3.8, 4) is 11.1 Å². The summed E-state index contributed by atoms with van der Waals surface area (Å²) in [5.74, 6) is 1.20. The fourth-order valence-electron chi connectivity index (χ4n) is 4.73. The smallest absolute Gasteiger partial charge is 0.253 e. The van der Waals surface area contributed by atoms with Gasteiger partial charge < -0.3 is 21.3 Å². The van der Waals surface area contributed by atoms with Crippen molar-refractivity contribution in [3.63, 3.8) is 0 Å². The normalized spacial score (nSPS) is 17.4. The molecule has 2 heterocycles. The first-order valence-corrected chi connectivity index (χ1v) is 11.6. The summed E-state index contributed by atoms with van der Waals surface area (Å²) >= 11 is 0. The van der Waals surface area contributed by atoms with Crippen molar-refractivity contribution in [3.05, 3.63) is 48.0 Å². The molecule has 7 nitrogen and oxygen atoms in total. The number of nitrogens with one attached hydrogen (secondary N) is 2. The summed E-state index contributed by atoms with van der Waals surface area (Å²) in [7, 11) is 0. The van der Waals surface area contributed by atoms with E-state index in [1.165, 1.54) is 19.3 Å². The van der Waals surface area contributed by atoms with Crippen LogP contribution in [-0.4, -0.2) is 53.0 Å². The lowest BCUT2D eigenvalue weighted by atomic mass is 9.95. The Hall–Kier alpha value is -3.19. The molecule has 1 saturated carbocycles. The number of nitrogens with two attached hydrogens (primary N) is 1. The highest BCUT2D eigenvalue weighted by molar-refractivity contribution is 5.96. The van der Waals surface area contributed by atoms with Crippen molar-refractivity contribution < 1.29 is 4.79 Å². The van der Waals surface area contributed by atoms with Crippen molar-refractivity contribution >= 4 is 28.6 Å². The number of nitrogen functional groups attached to an aromatic ring is 1. The van der Waals surface area contributed by atoms with Gasteiger partial charge in [0.2, 0.25) is 5.95 Å². The van der Waals surface area contributed by atoms with Gasteiger partial charge in [-0.3, -0.25) is 4.79 Å². The van der Waals surface area contributed by atoms with Crippen molar-refractivity contribution in [1.29, 1.82) is 0 Å². The molecule has 0 radical (unpaired) electrons. The van der Waals surface area contributed by atoms with Gasteiger partial charge in [-0.25, -0.2) is 4.98 Å². The van der Waals surface area contributed by atoms with Crippen molar-refractivity contribution in [2.24, 2.45) is 0 Å². The molecule has 2 aliphatic rings. The molecule has 1 aromatic heterocycles. The zero-order valence-corrected chi connectivity index (χ0v) is 18.3. The lowest BCUT2D eigenvalue weighted by Gasteiger charge is -2.27. The summed E-state index contributed by atoms with van der Waals surface area (Å²) in [5, 5.41) is 7.88. The van der Waals surface area contributed by atoms with Gasteiger partial charge in [0.15, 0.2) is 0 Å². The predicted molar refractivity (Wildman–Crippen MR) is 129 cm³/mol. The minimum absolute atomic E-state index is 0.0967. The molecule has 2 aromatic carbocycles. The Kier molecular flexibility index (Phi) is 5.90. The number of fused-ring (bicyclic) bond motifs is 1. The second-order valence-electron chi connectivity index (χ2n) is 8.76. The molecule has 0 bridgehead atoms. The Morgan fingerprint density at radius 3 is 2.44 bits per heavy atom. The van der Waals surface area contributed by atoms with Crippen LogP contribution >= 0.6 is 0 Å². The highest BCUT2D eigenvalue weighted by atomic mass is 16.2. The average Bonchev–Trinajstić information content (AvgIpc) is 2.85. The number of rotatable bonds is 4. The van der Waals surface area contributed by atoms with Crippen LogP contribution in [-0.2, 0) is 0 Å². The number of carbonyl (C=O) groups is 1. The molecule has 7 heteroatoms. The molecule has 5 rings (SSSR count). The Balaban J connectivity index is 1.41. The molecule has 166 valence electrons. The third-order valence-electron chi connectivity index (χ3n) is 6.53. The van der Waals surface area contributed by atoms with Crippen LogP contribution in [0.4, 0.5) is 11.8 Å². The first-order chi connectivity index (χ1) is 15.7. The van der Waals surface area contributed by atoms with Gasteiger partial charge in [0, 0.05) is 43.2 Å². The van der Waals surface area contributed by atoms with Gasteiger partial charge in [0.1, 0.15) is 5.82 Å². The fraction of sp³-hybridized carbons (Fsp3) is 0.400. The minimum atomic E-state index is 0.0967. The molecular weight excluding hydrogens is 400 g/mol. The number of carbonyl (C=O) groups excluding carboxylic acids is 1. The molecule has 1 aliphatic heterocycles. The van der Waals surface area contributed by atoms with E-state index in [2.05, 4.69) is 26.7 Å². The number of amides is 1. The fourth-order valence-corrected chi connectivity index (χ4v) is 4.73. The third-order valence-corrected chi connectivity index (χ3v) is 6.53. The topological polar surface area (TPSA) is 96.2 Å². The van der Waals surface area contributed by atoms with Crippen molar-refractivity contribution in [1.82, 2.24) is 20.2 Å². The number of hydrogen-bond acceptors (Lipinski definition) is 6. The highest BCUT2D eigenvalue weighted by Crippen LogP contribution is 2.30. The Morgan fingerprint density at radius 1 is 0.969 bits per heavy atom. The van der Waals surface area contributed by atoms with E-state index in [1.54, 1.807) is 0 Å². The number of anilines is 2. The number of nitrogens with zero attached hydrogens (tertiary/aromatic N) is 3. The summed E-state index contributed by atoms with van der Waals surface area (Å²) in [6, 6.07) is 14.5. The van der Waals surface area contributed by atoms with E-state index >= 15 is 0 Å². The zero-order chi connectivity index (χ0) is 21.9. The summed E-state index contributed by atoms with van der Waals surface area (Å²) in [4.78, 5) is 23.6. The van der Waals surface area contributed by atoms with E-state index in [-0.39, 0.29) is 5.91 Å². The second-order valence-corrected chi connectivity index (χ2v) is 8.76. The van der Waals surface area contributed by atoms with Crippen LogP contribution < -0.4 is 16.4 Å². The zero-order valence-electron chi connectivity index (χ0n) is 18.3. The van der Waals surface area contributed by atoms with E-state index in [0.717, 1.165) is 72.4 Å². The lowest BCUT2D eigenvalue weighted by molar-refractivity contribution is 0.0736. The summed E-state index contributed by atoms with van der Waals surface area (Å²) in [6.07, 6.45) is 6.13. The van der Waals surface area contributed by atoms with Crippen LogP contribution in [0.25, 0.3) is 22.0 Å². The highest BCUT2D eigenvalue weighted by Gasteiger charge is 2.19. The van der Waals surface area contributed by atoms with Gasteiger partial charge in [-0.2, -0.15) is 4.98 Å². The Labute approximate surface area is 188 Å². The van der Waals surface area contributed by atoms with Gasteiger partial charge in [-0.05, 0) is 48.2 Å². The summed E-state index contributed by atoms with van der Waals surface area (Å²) < 4.78 is 0. The number of aromatic nitrogens is 2. The molecule has 1 aliphatic carbocycles. The molecule has 4 N–H and O–H groups in total. The molecule has 1 amide bonds. The van der Waals surface area contributed by atoms with Gasteiger partial charge in [0.05, 0.1) is 5.52 Å². The molecular formula is C25H30N6O. The maximum Gasteiger partial charge on any atom is 0.253 e. The van der Waals surface area contributed by atoms with Gasteiger partial charge >= 0.3 is 0 Å². The standard InChI is InChI=1S/C25H30N6O/c26-25-29-22-11-10-19(16-21(22)23(30-25)28-20-4-2-1-3-5-20)17-6-8-18(9-7-17)24(32)31-14-12-27-13-15-31/h6-11,16,20,27H,1-5,12-15H2,(H3,26,28,29,30). The monoisotopic (exact) mass is 430 g/mol. The predicted octanol–water partition coefficient (Wildman–Crippen LogP) is 3.67. The van der Waals surface area contributed by atoms with E-state index in [9.17, 15) is 4.79 Å². The van der Waals surface area contributed by atoms with Crippen LogP contribution in [0, 0.1) is 0 Å². The number of piperazine rings is 1. The molecule has 0 unspecified atom stereocenters. The van der Waals surface area contributed by atoms with Crippen molar-refractivity contribution in [2.45, 2.75) is 38.1 Å². The molecule has 0 spiro atoms. The first-order valence-electron chi connectivity index (χ1n) is 11.6. The van der Waals surface area contributed by atoms with Crippen LogP contribution in [0.3, 0.4) is 0 Å². The Bertz CT molecular complexity index is 1100. The maximum absolute atomic E-state index is 12.7. The quantitative estimate of drug-likeness (QED) is 0.584. The molecule has 32 heavy (non-hydrogen) atoms. The largest absolute Gasteiger partial charge is 0.368 e. The van der Waals surface area contributed by atoms with Gasteiger partial charge in [-0.15, -0.1) is 0 Å². The molecule has 2 fully saturated rings. The van der Waals surface area contributed by atoms with Gasteiger partial charge in [-0.1, -0.05) is 37.5 Å².